The summed E-state index contributed by atoms with van der Waals surface area (Å²) < 4.78 is 21.8. The molecular formula is C18H25N2O5P. The Bertz CT molecular complexity index is 804. The summed E-state index contributed by atoms with van der Waals surface area (Å²) in [4.78, 5) is 23.8. The molecule has 0 aromatic heterocycles. The summed E-state index contributed by atoms with van der Waals surface area (Å²) in [6.07, 6.45) is 0. The van der Waals surface area contributed by atoms with Crippen molar-refractivity contribution in [3.8, 4) is 0 Å². The molecule has 1 amide bonds. The second-order valence-corrected chi connectivity index (χ2v) is 8.36. The predicted molar refractivity (Wildman–Crippen MR) is 98.7 cm³/mol. The number of likely N-dealkylation sites (N-methyl/N-ethyl adjacent to an activating group) is 1. The highest BCUT2D eigenvalue weighted by atomic mass is 31.2. The Balaban J connectivity index is 1.76. The molecule has 0 saturated carbocycles. The summed E-state index contributed by atoms with van der Waals surface area (Å²) in [6, 6.07) is 13.1. The summed E-state index contributed by atoms with van der Waals surface area (Å²) in [5.41, 5.74) is 0.508. The third-order valence-electron chi connectivity index (χ3n) is 3.66. The number of carbonyl (C=O) groups excluding carboxylic acids is 1. The molecule has 0 bridgehead atoms. The average Bonchev–Trinajstić information content (AvgIpc) is 2.56. The van der Waals surface area contributed by atoms with Crippen molar-refractivity contribution in [1.29, 1.82) is 0 Å². The van der Waals surface area contributed by atoms with E-state index in [1.54, 1.807) is 12.1 Å². The molecule has 26 heavy (non-hydrogen) atoms. The summed E-state index contributed by atoms with van der Waals surface area (Å²) in [5, 5.41) is 4.64. The summed E-state index contributed by atoms with van der Waals surface area (Å²) >= 11 is 0. The number of hydrogen-bond acceptors (Lipinski definition) is 5. The number of nitrogens with zero attached hydrogens (tertiary/aromatic N) is 1. The topological polar surface area (TPSA) is 87.7 Å². The highest BCUT2D eigenvalue weighted by Gasteiger charge is 2.13. The summed E-state index contributed by atoms with van der Waals surface area (Å²) in [5.74, 6) is -0.286. The van der Waals surface area contributed by atoms with Crippen LogP contribution in [0.5, 0.6) is 0 Å². The summed E-state index contributed by atoms with van der Waals surface area (Å²) in [6.45, 7) is 0.475. The highest BCUT2D eigenvalue weighted by molar-refractivity contribution is 7.45. The van der Waals surface area contributed by atoms with Crippen molar-refractivity contribution >= 4 is 24.5 Å². The first-order chi connectivity index (χ1) is 12.2. The number of benzene rings is 2. The van der Waals surface area contributed by atoms with Gasteiger partial charge in [-0.25, -0.2) is 0 Å². The first-order valence-electron chi connectivity index (χ1n) is 8.34. The lowest BCUT2D eigenvalue weighted by molar-refractivity contribution is -0.870. The first-order valence-corrected chi connectivity index (χ1v) is 9.80. The Morgan fingerprint density at radius 3 is 2.42 bits per heavy atom. The predicted octanol–water partition coefficient (Wildman–Crippen LogP) is 1.78. The molecular weight excluding hydrogens is 355 g/mol. The Morgan fingerprint density at radius 1 is 1.08 bits per heavy atom. The number of amides is 1. The molecule has 0 radical (unpaired) electrons. The SMILES string of the molecule is C[N+](C)(C)CCOP(=O)([O-])OCCNC(=O)c1ccc2ccccc2c1. The van der Waals surface area contributed by atoms with E-state index in [2.05, 4.69) is 5.32 Å². The Morgan fingerprint density at radius 2 is 1.73 bits per heavy atom. The average molecular weight is 380 g/mol. The fraction of sp³-hybridized carbons (Fsp3) is 0.389. The van der Waals surface area contributed by atoms with Gasteiger partial charge in [-0.05, 0) is 22.9 Å². The third kappa shape index (κ3) is 6.86. The quantitative estimate of drug-likeness (QED) is 0.407. The molecule has 0 heterocycles. The van der Waals surface area contributed by atoms with Crippen LogP contribution in [0.25, 0.3) is 10.8 Å². The first kappa shape index (κ1) is 20.6. The van der Waals surface area contributed by atoms with Crippen molar-refractivity contribution in [3.63, 3.8) is 0 Å². The Hall–Kier alpha value is -1.76. The van der Waals surface area contributed by atoms with Crippen LogP contribution in [-0.2, 0) is 13.6 Å². The van der Waals surface area contributed by atoms with Gasteiger partial charge >= 0.3 is 0 Å². The molecule has 8 heteroatoms. The molecule has 0 aliphatic rings. The second-order valence-electron chi connectivity index (χ2n) is 6.95. The highest BCUT2D eigenvalue weighted by Crippen LogP contribution is 2.37. The number of fused-ring (bicyclic) bond motifs is 1. The van der Waals surface area contributed by atoms with Crippen molar-refractivity contribution in [2.75, 3.05) is 47.4 Å². The molecule has 142 valence electrons. The van der Waals surface area contributed by atoms with Crippen LogP contribution in [-0.4, -0.2) is 57.8 Å². The van der Waals surface area contributed by atoms with Crippen LogP contribution in [0.3, 0.4) is 0 Å². The van der Waals surface area contributed by atoms with E-state index in [-0.39, 0.29) is 25.7 Å². The fourth-order valence-electron chi connectivity index (χ4n) is 2.22. The fourth-order valence-corrected chi connectivity index (χ4v) is 2.91. The monoisotopic (exact) mass is 380 g/mol. The van der Waals surface area contributed by atoms with Crippen molar-refractivity contribution in [3.05, 3.63) is 48.0 Å². The Kier molecular flexibility index (Phi) is 6.92. The van der Waals surface area contributed by atoms with Crippen LogP contribution in [0.1, 0.15) is 10.4 Å². The van der Waals surface area contributed by atoms with E-state index in [9.17, 15) is 14.3 Å². The molecule has 1 unspecified atom stereocenters. The Labute approximate surface area is 153 Å². The molecule has 0 fully saturated rings. The van der Waals surface area contributed by atoms with E-state index in [1.165, 1.54) is 0 Å². The normalized spacial score (nSPS) is 14.2. The van der Waals surface area contributed by atoms with Crippen LogP contribution in [0.4, 0.5) is 0 Å². The lowest BCUT2D eigenvalue weighted by Gasteiger charge is -2.27. The van der Waals surface area contributed by atoms with E-state index >= 15 is 0 Å². The third-order valence-corrected chi connectivity index (χ3v) is 4.66. The van der Waals surface area contributed by atoms with Gasteiger partial charge in [-0.1, -0.05) is 30.3 Å². The van der Waals surface area contributed by atoms with E-state index in [0.29, 0.717) is 16.6 Å². The number of phosphoric ester groups is 1. The van der Waals surface area contributed by atoms with Crippen molar-refractivity contribution < 1.29 is 27.8 Å². The molecule has 0 saturated heterocycles. The maximum Gasteiger partial charge on any atom is 0.268 e. The maximum atomic E-state index is 12.1. The van der Waals surface area contributed by atoms with Crippen LogP contribution in [0, 0.1) is 0 Å². The number of phosphoric acid groups is 1. The zero-order valence-electron chi connectivity index (χ0n) is 15.3. The van der Waals surface area contributed by atoms with Crippen molar-refractivity contribution in [2.45, 2.75) is 0 Å². The van der Waals surface area contributed by atoms with Gasteiger partial charge in [0.1, 0.15) is 13.2 Å². The number of nitrogens with one attached hydrogen (secondary N) is 1. The number of quaternary nitrogens is 1. The van der Waals surface area contributed by atoms with Gasteiger partial charge < -0.3 is 23.7 Å². The van der Waals surface area contributed by atoms with Gasteiger partial charge in [0, 0.05) is 12.1 Å². The molecule has 7 nitrogen and oxygen atoms in total. The summed E-state index contributed by atoms with van der Waals surface area (Å²) in [7, 11) is 1.44. The lowest BCUT2D eigenvalue weighted by Crippen LogP contribution is -2.37. The van der Waals surface area contributed by atoms with Crippen LogP contribution < -0.4 is 10.2 Å². The standard InChI is InChI=1S/C18H25N2O5P/c1-20(2,3)11-13-25-26(22,23)24-12-10-19-18(21)17-9-8-15-6-4-5-7-16(15)14-17/h4-9,14H,10-13H2,1-3H3,(H-,19,21,22,23). The molecule has 0 aliphatic carbocycles. The smallest absolute Gasteiger partial charge is 0.268 e. The maximum absolute atomic E-state index is 12.1. The molecule has 1 atom stereocenters. The van der Waals surface area contributed by atoms with Gasteiger partial charge in [0.15, 0.2) is 0 Å². The van der Waals surface area contributed by atoms with Gasteiger partial charge in [0.05, 0.1) is 27.7 Å². The molecule has 2 aromatic rings. The van der Waals surface area contributed by atoms with Crippen LogP contribution in [0.15, 0.2) is 42.5 Å². The largest absolute Gasteiger partial charge is 0.756 e. The second kappa shape index (κ2) is 8.75. The zero-order chi connectivity index (χ0) is 19.2. The van der Waals surface area contributed by atoms with E-state index < -0.39 is 7.82 Å². The van der Waals surface area contributed by atoms with Gasteiger partial charge in [-0.15, -0.1) is 0 Å². The minimum Gasteiger partial charge on any atom is -0.756 e. The van der Waals surface area contributed by atoms with Gasteiger partial charge in [-0.2, -0.15) is 0 Å². The van der Waals surface area contributed by atoms with Gasteiger partial charge in [0.25, 0.3) is 13.7 Å². The number of carbonyl (C=O) groups is 1. The molecule has 2 aromatic carbocycles. The molecule has 1 N–H and O–H groups in total. The van der Waals surface area contributed by atoms with Crippen molar-refractivity contribution in [1.82, 2.24) is 5.32 Å². The molecule has 2 rings (SSSR count). The van der Waals surface area contributed by atoms with E-state index in [4.69, 9.17) is 9.05 Å². The van der Waals surface area contributed by atoms with Gasteiger partial charge in [-0.3, -0.25) is 9.36 Å². The lowest BCUT2D eigenvalue weighted by atomic mass is 10.1. The number of hydrogen-bond donors (Lipinski definition) is 1. The molecule has 0 spiro atoms. The zero-order valence-corrected chi connectivity index (χ0v) is 16.2. The van der Waals surface area contributed by atoms with E-state index in [0.717, 1.165) is 10.8 Å². The van der Waals surface area contributed by atoms with Crippen LogP contribution >= 0.6 is 7.82 Å². The molecule has 0 aliphatic heterocycles. The minimum atomic E-state index is -4.35. The van der Waals surface area contributed by atoms with Crippen LogP contribution in [0.2, 0.25) is 0 Å². The van der Waals surface area contributed by atoms with Gasteiger partial charge in [0.2, 0.25) is 0 Å². The van der Waals surface area contributed by atoms with E-state index in [1.807, 2.05) is 51.5 Å². The van der Waals surface area contributed by atoms with Crippen molar-refractivity contribution in [2.24, 2.45) is 0 Å². The number of rotatable bonds is 9. The minimum absolute atomic E-state index is 0.0493.